The zero-order chi connectivity index (χ0) is 25.8. The predicted molar refractivity (Wildman–Crippen MR) is 154 cm³/mol. The summed E-state index contributed by atoms with van der Waals surface area (Å²) in [7, 11) is 0. The zero-order valence-corrected chi connectivity index (χ0v) is 22.2. The van der Waals surface area contributed by atoms with E-state index in [4.69, 9.17) is 23.2 Å². The lowest BCUT2D eigenvalue weighted by Gasteiger charge is -2.36. The number of rotatable bonds is 7. The number of carbonyl (C=O) groups is 1. The second kappa shape index (κ2) is 10.8. The van der Waals surface area contributed by atoms with E-state index in [0.717, 1.165) is 16.7 Å². The van der Waals surface area contributed by atoms with Crippen molar-refractivity contribution in [3.8, 4) is 0 Å². The molecule has 1 heterocycles. The Morgan fingerprint density at radius 2 is 1.24 bits per heavy atom. The smallest absolute Gasteiger partial charge is 0.267 e. The molecular weight excluding hydrogens is 521 g/mol. The molecule has 5 aromatic rings. The normalized spacial score (nSPS) is 11.2. The first-order valence-electron chi connectivity index (χ1n) is 11.7. The van der Waals surface area contributed by atoms with Crippen molar-refractivity contribution in [3.63, 3.8) is 0 Å². The number of amides is 1. The molecule has 0 spiro atoms. The van der Waals surface area contributed by atoms with E-state index in [9.17, 15) is 4.79 Å². The van der Waals surface area contributed by atoms with Gasteiger partial charge in [0.1, 0.15) is 10.4 Å². The maximum atomic E-state index is 13.1. The van der Waals surface area contributed by atoms with Crippen LogP contribution in [-0.2, 0) is 5.54 Å². The molecule has 37 heavy (non-hydrogen) atoms. The van der Waals surface area contributed by atoms with Gasteiger partial charge < -0.3 is 10.6 Å². The summed E-state index contributed by atoms with van der Waals surface area (Å²) in [5.74, 6) is -0.303. The summed E-state index contributed by atoms with van der Waals surface area (Å²) in [6.07, 6.45) is 1.57. The monoisotopic (exact) mass is 543 g/mol. The van der Waals surface area contributed by atoms with Gasteiger partial charge in [-0.3, -0.25) is 4.79 Å². The molecule has 5 rings (SSSR count). The van der Waals surface area contributed by atoms with Crippen molar-refractivity contribution < 1.29 is 4.79 Å². The molecule has 1 amide bonds. The van der Waals surface area contributed by atoms with E-state index in [0.29, 0.717) is 31.3 Å². The molecule has 0 radical (unpaired) electrons. The van der Waals surface area contributed by atoms with E-state index in [1.165, 1.54) is 11.3 Å². The lowest BCUT2D eigenvalue weighted by atomic mass is 9.77. The zero-order valence-electron chi connectivity index (χ0n) is 19.9. The van der Waals surface area contributed by atoms with Crippen molar-refractivity contribution in [1.82, 2.24) is 4.98 Å². The third kappa shape index (κ3) is 4.98. The minimum Gasteiger partial charge on any atom is -0.344 e. The van der Waals surface area contributed by atoms with E-state index in [1.54, 1.807) is 18.3 Å². The number of aromatic nitrogens is 1. The summed E-state index contributed by atoms with van der Waals surface area (Å²) in [6, 6.07) is 34.1. The summed E-state index contributed by atoms with van der Waals surface area (Å²) in [5, 5.41) is 8.15. The lowest BCUT2D eigenvalue weighted by molar-refractivity contribution is 0.103. The van der Waals surface area contributed by atoms with Crippen LogP contribution in [0.1, 0.15) is 31.9 Å². The van der Waals surface area contributed by atoms with Crippen LogP contribution in [0.4, 0.5) is 10.8 Å². The summed E-state index contributed by atoms with van der Waals surface area (Å²) in [4.78, 5) is 18.2. The van der Waals surface area contributed by atoms with Gasteiger partial charge in [-0.15, -0.1) is 0 Å². The van der Waals surface area contributed by atoms with Gasteiger partial charge >= 0.3 is 0 Å². The number of nitrogens with one attached hydrogen (secondary N) is 2. The van der Waals surface area contributed by atoms with Crippen LogP contribution in [0.5, 0.6) is 0 Å². The molecule has 0 saturated heterocycles. The molecule has 184 valence electrons. The predicted octanol–water partition coefficient (Wildman–Crippen LogP) is 8.41. The lowest BCUT2D eigenvalue weighted by Crippen LogP contribution is -2.38. The van der Waals surface area contributed by atoms with Crippen LogP contribution >= 0.6 is 34.5 Å². The number of benzene rings is 4. The fourth-order valence-electron chi connectivity index (χ4n) is 4.36. The highest BCUT2D eigenvalue weighted by Gasteiger charge is 2.37. The average molecular weight is 545 g/mol. The van der Waals surface area contributed by atoms with E-state index < -0.39 is 5.54 Å². The van der Waals surface area contributed by atoms with Crippen LogP contribution in [0.25, 0.3) is 0 Å². The van der Waals surface area contributed by atoms with Gasteiger partial charge in [0.15, 0.2) is 5.13 Å². The van der Waals surface area contributed by atoms with Gasteiger partial charge in [0, 0.05) is 5.02 Å². The van der Waals surface area contributed by atoms with Crippen LogP contribution < -0.4 is 10.6 Å². The number of carbonyl (C=O) groups excluding carboxylic acids is 1. The van der Waals surface area contributed by atoms with Crippen LogP contribution in [0.15, 0.2) is 109 Å². The second-order valence-electron chi connectivity index (χ2n) is 8.49. The number of anilines is 2. The first-order valence-corrected chi connectivity index (χ1v) is 13.2. The number of hydrogen-bond acceptors (Lipinski definition) is 4. The molecule has 0 atom stereocenters. The van der Waals surface area contributed by atoms with Gasteiger partial charge in [-0.2, -0.15) is 0 Å². The maximum Gasteiger partial charge on any atom is 0.267 e. The molecule has 4 aromatic carbocycles. The van der Waals surface area contributed by atoms with Crippen molar-refractivity contribution in [2.45, 2.75) is 12.5 Å². The first-order chi connectivity index (χ1) is 18.0. The molecule has 0 saturated carbocycles. The number of thiazole rings is 1. The van der Waals surface area contributed by atoms with Gasteiger partial charge in [0.05, 0.1) is 16.9 Å². The highest BCUT2D eigenvalue weighted by molar-refractivity contribution is 7.17. The standard InChI is InChI=1S/C30H23Cl2N3OS/c1-20-24(31)17-18-25(32)27(20)34-28(36)26-19-33-29(37-26)35-30(21-11-5-2-6-12-21,22-13-7-3-8-14-22)23-15-9-4-10-16-23/h2-19H,1H3,(H,33,35)(H,34,36). The Hall–Kier alpha value is -3.64. The van der Waals surface area contributed by atoms with Crippen molar-refractivity contribution in [1.29, 1.82) is 0 Å². The van der Waals surface area contributed by atoms with Gasteiger partial charge in [0.25, 0.3) is 5.91 Å². The number of nitrogens with zero attached hydrogens (tertiary/aromatic N) is 1. The SMILES string of the molecule is Cc1c(Cl)ccc(Cl)c1NC(=O)c1cnc(NC(c2ccccc2)(c2ccccc2)c2ccccc2)s1. The molecule has 0 fully saturated rings. The van der Waals surface area contributed by atoms with Gasteiger partial charge in [-0.25, -0.2) is 4.98 Å². The van der Waals surface area contributed by atoms with Crippen LogP contribution in [0.3, 0.4) is 0 Å². The van der Waals surface area contributed by atoms with Crippen LogP contribution in [-0.4, -0.2) is 10.9 Å². The summed E-state index contributed by atoms with van der Waals surface area (Å²) in [6.45, 7) is 1.82. The Bertz CT molecular complexity index is 1430. The first kappa shape index (κ1) is 25.0. The Morgan fingerprint density at radius 1 is 0.757 bits per heavy atom. The molecule has 7 heteroatoms. The van der Waals surface area contributed by atoms with Crippen LogP contribution in [0, 0.1) is 6.92 Å². The van der Waals surface area contributed by atoms with Crippen molar-refractivity contribution >= 4 is 51.3 Å². The molecule has 0 aliphatic rings. The minimum absolute atomic E-state index is 0.303. The Balaban J connectivity index is 1.55. The number of halogens is 2. The molecule has 0 aliphatic heterocycles. The molecule has 2 N–H and O–H groups in total. The van der Waals surface area contributed by atoms with Crippen molar-refractivity contribution in [2.24, 2.45) is 0 Å². The Kier molecular flexibility index (Phi) is 7.28. The maximum absolute atomic E-state index is 13.1. The highest BCUT2D eigenvalue weighted by atomic mass is 35.5. The molecule has 0 unspecified atom stereocenters. The van der Waals surface area contributed by atoms with Gasteiger partial charge in [0.2, 0.25) is 0 Å². The largest absolute Gasteiger partial charge is 0.344 e. The molecule has 0 aliphatic carbocycles. The van der Waals surface area contributed by atoms with Gasteiger partial charge in [-0.05, 0) is 41.3 Å². The highest BCUT2D eigenvalue weighted by Crippen LogP contribution is 2.41. The Labute approximate surface area is 229 Å². The summed E-state index contributed by atoms with van der Waals surface area (Å²) >= 11 is 13.8. The molecular formula is C30H23Cl2N3OS. The summed E-state index contributed by atoms with van der Waals surface area (Å²) < 4.78 is 0. The quantitative estimate of drug-likeness (QED) is 0.202. The van der Waals surface area contributed by atoms with Gasteiger partial charge in [-0.1, -0.05) is 126 Å². The van der Waals surface area contributed by atoms with Crippen molar-refractivity contribution in [3.05, 3.63) is 147 Å². The van der Waals surface area contributed by atoms with E-state index in [2.05, 4.69) is 52.0 Å². The van der Waals surface area contributed by atoms with Crippen molar-refractivity contribution in [2.75, 3.05) is 10.6 Å². The average Bonchev–Trinajstić information content (AvgIpc) is 3.42. The second-order valence-corrected chi connectivity index (χ2v) is 10.3. The minimum atomic E-state index is -0.734. The van der Waals surface area contributed by atoms with E-state index in [1.807, 2.05) is 61.5 Å². The third-order valence-electron chi connectivity index (χ3n) is 6.23. The third-order valence-corrected chi connectivity index (χ3v) is 7.87. The van der Waals surface area contributed by atoms with E-state index >= 15 is 0 Å². The number of hydrogen-bond donors (Lipinski definition) is 2. The summed E-state index contributed by atoms with van der Waals surface area (Å²) in [5.41, 5.74) is 3.62. The fourth-order valence-corrected chi connectivity index (χ4v) is 5.54. The fraction of sp³-hybridized carbons (Fsp3) is 0.0667. The van der Waals surface area contributed by atoms with E-state index in [-0.39, 0.29) is 5.91 Å². The molecule has 0 bridgehead atoms. The topological polar surface area (TPSA) is 54.0 Å². The Morgan fingerprint density at radius 3 is 1.76 bits per heavy atom. The van der Waals surface area contributed by atoms with Crippen LogP contribution in [0.2, 0.25) is 10.0 Å². The molecule has 1 aromatic heterocycles. The molecule has 4 nitrogen and oxygen atoms in total.